The van der Waals surface area contributed by atoms with Crippen molar-refractivity contribution in [3.05, 3.63) is 17.2 Å². The van der Waals surface area contributed by atoms with Crippen molar-refractivity contribution in [2.24, 2.45) is 0 Å². The Balaban J connectivity index is 2.08. The summed E-state index contributed by atoms with van der Waals surface area (Å²) in [5, 5.41) is 9.26. The molecule has 1 heterocycles. The molecule has 0 aromatic carbocycles. The van der Waals surface area contributed by atoms with E-state index >= 15 is 0 Å². The zero-order valence-electron chi connectivity index (χ0n) is 10.1. The van der Waals surface area contributed by atoms with Gasteiger partial charge in [0.25, 0.3) is 0 Å². The number of rotatable bonds is 3. The Morgan fingerprint density at radius 3 is 2.82 bits per heavy atom. The maximum atomic E-state index is 11.3. The number of carboxylic acid groups (broad SMARTS) is 1. The topological polar surface area (TPSA) is 55.1 Å². The number of carbonyl (C=O) groups is 1. The molecule has 1 aromatic rings. The number of hydrogen-bond donors (Lipinski definition) is 1. The van der Waals surface area contributed by atoms with Crippen molar-refractivity contribution in [1.82, 2.24) is 9.55 Å². The van der Waals surface area contributed by atoms with Crippen molar-refractivity contribution < 1.29 is 9.90 Å². The number of aromatic nitrogens is 2. The molecule has 0 saturated heterocycles. The van der Waals surface area contributed by atoms with E-state index in [2.05, 4.69) is 16.5 Å². The standard InChI is InChI=1S/C13H18N2O2/c1-2-15-10-5-3-4-9(13(16)17)11(10)14-12(15)8-6-7-8/h8-9H,2-7H2,1H3,(H,16,17). The molecule has 0 spiro atoms. The lowest BCUT2D eigenvalue weighted by Gasteiger charge is -2.19. The van der Waals surface area contributed by atoms with Gasteiger partial charge in [0.2, 0.25) is 0 Å². The highest BCUT2D eigenvalue weighted by Crippen LogP contribution is 2.42. The van der Waals surface area contributed by atoms with E-state index in [0.29, 0.717) is 5.92 Å². The molecule has 1 aromatic heterocycles. The molecule has 0 amide bonds. The van der Waals surface area contributed by atoms with Gasteiger partial charge >= 0.3 is 5.97 Å². The van der Waals surface area contributed by atoms with Gasteiger partial charge in [-0.15, -0.1) is 0 Å². The number of aliphatic carboxylic acids is 1. The number of carboxylic acids is 1. The van der Waals surface area contributed by atoms with E-state index in [1.807, 2.05) is 0 Å². The van der Waals surface area contributed by atoms with Crippen LogP contribution in [0, 0.1) is 0 Å². The molecule has 17 heavy (non-hydrogen) atoms. The molecule has 3 rings (SSSR count). The summed E-state index contributed by atoms with van der Waals surface area (Å²) in [4.78, 5) is 15.9. The first kappa shape index (κ1) is 10.8. The van der Waals surface area contributed by atoms with Gasteiger partial charge in [-0.2, -0.15) is 0 Å². The number of fused-ring (bicyclic) bond motifs is 1. The Kier molecular flexibility index (Phi) is 2.45. The van der Waals surface area contributed by atoms with Gasteiger partial charge in [-0.1, -0.05) is 0 Å². The molecule has 0 aliphatic heterocycles. The van der Waals surface area contributed by atoms with Crippen LogP contribution in [-0.4, -0.2) is 20.6 Å². The lowest BCUT2D eigenvalue weighted by molar-refractivity contribution is -0.139. The highest BCUT2D eigenvalue weighted by atomic mass is 16.4. The molecule has 1 unspecified atom stereocenters. The Bertz CT molecular complexity index is 460. The maximum Gasteiger partial charge on any atom is 0.312 e. The van der Waals surface area contributed by atoms with Crippen LogP contribution in [0.4, 0.5) is 0 Å². The molecular weight excluding hydrogens is 216 g/mol. The second-order valence-corrected chi connectivity index (χ2v) is 5.10. The lowest BCUT2D eigenvalue weighted by Crippen LogP contribution is -2.19. The van der Waals surface area contributed by atoms with E-state index in [0.717, 1.165) is 37.3 Å². The minimum atomic E-state index is -0.714. The average molecular weight is 234 g/mol. The first-order valence-corrected chi connectivity index (χ1v) is 6.54. The van der Waals surface area contributed by atoms with Gasteiger partial charge in [-0.05, 0) is 39.0 Å². The van der Waals surface area contributed by atoms with Crippen LogP contribution in [0.25, 0.3) is 0 Å². The zero-order valence-corrected chi connectivity index (χ0v) is 10.1. The van der Waals surface area contributed by atoms with Gasteiger partial charge in [-0.3, -0.25) is 4.79 Å². The summed E-state index contributed by atoms with van der Waals surface area (Å²) in [6, 6.07) is 0. The fraction of sp³-hybridized carbons (Fsp3) is 0.692. The van der Waals surface area contributed by atoms with Crippen molar-refractivity contribution in [3.8, 4) is 0 Å². The SMILES string of the molecule is CCn1c(C2CC2)nc2c1CCCC2C(=O)O. The van der Waals surface area contributed by atoms with Crippen LogP contribution in [0.15, 0.2) is 0 Å². The second kappa shape index (κ2) is 3.86. The monoisotopic (exact) mass is 234 g/mol. The lowest BCUT2D eigenvalue weighted by atomic mass is 9.90. The number of hydrogen-bond acceptors (Lipinski definition) is 2. The summed E-state index contributed by atoms with van der Waals surface area (Å²) < 4.78 is 2.27. The third-order valence-electron chi connectivity index (χ3n) is 3.93. The van der Waals surface area contributed by atoms with Crippen LogP contribution in [0.5, 0.6) is 0 Å². The Morgan fingerprint density at radius 1 is 1.47 bits per heavy atom. The molecular formula is C13H18N2O2. The van der Waals surface area contributed by atoms with Crippen LogP contribution in [-0.2, 0) is 17.8 Å². The highest BCUT2D eigenvalue weighted by molar-refractivity contribution is 5.76. The summed E-state index contributed by atoms with van der Waals surface area (Å²) in [6.45, 7) is 3.04. The van der Waals surface area contributed by atoms with Gasteiger partial charge in [0.15, 0.2) is 0 Å². The molecule has 1 atom stereocenters. The average Bonchev–Trinajstić information content (AvgIpc) is 3.08. The molecule has 1 saturated carbocycles. The van der Waals surface area contributed by atoms with Crippen LogP contribution >= 0.6 is 0 Å². The quantitative estimate of drug-likeness (QED) is 0.873. The van der Waals surface area contributed by atoms with E-state index in [4.69, 9.17) is 0 Å². The predicted molar refractivity (Wildman–Crippen MR) is 63.2 cm³/mol. The predicted octanol–water partition coefficient (Wildman–Crippen LogP) is 2.28. The van der Waals surface area contributed by atoms with Crippen molar-refractivity contribution in [2.75, 3.05) is 0 Å². The normalized spacial score (nSPS) is 23.5. The van der Waals surface area contributed by atoms with Crippen molar-refractivity contribution in [3.63, 3.8) is 0 Å². The fourth-order valence-corrected chi connectivity index (χ4v) is 2.92. The van der Waals surface area contributed by atoms with Crippen molar-refractivity contribution in [1.29, 1.82) is 0 Å². The summed E-state index contributed by atoms with van der Waals surface area (Å²) in [6.07, 6.45) is 5.14. The Hall–Kier alpha value is -1.32. The van der Waals surface area contributed by atoms with Crippen LogP contribution < -0.4 is 0 Å². The van der Waals surface area contributed by atoms with Gasteiger partial charge in [0.05, 0.1) is 5.69 Å². The summed E-state index contributed by atoms with van der Waals surface area (Å²) in [5.74, 6) is 0.652. The Labute approximate surface area is 101 Å². The van der Waals surface area contributed by atoms with E-state index in [1.165, 1.54) is 18.5 Å². The first-order valence-electron chi connectivity index (χ1n) is 6.54. The summed E-state index contributed by atoms with van der Waals surface area (Å²) in [7, 11) is 0. The van der Waals surface area contributed by atoms with E-state index in [9.17, 15) is 9.90 Å². The largest absolute Gasteiger partial charge is 0.481 e. The number of imidazole rings is 1. The molecule has 1 N–H and O–H groups in total. The Morgan fingerprint density at radius 2 is 2.24 bits per heavy atom. The summed E-state index contributed by atoms with van der Waals surface area (Å²) in [5.41, 5.74) is 2.04. The van der Waals surface area contributed by atoms with Gasteiger partial charge in [0.1, 0.15) is 11.7 Å². The third kappa shape index (κ3) is 1.66. The maximum absolute atomic E-state index is 11.3. The molecule has 2 aliphatic rings. The zero-order chi connectivity index (χ0) is 12.0. The summed E-state index contributed by atoms with van der Waals surface area (Å²) >= 11 is 0. The molecule has 4 heteroatoms. The first-order chi connectivity index (χ1) is 8.22. The van der Waals surface area contributed by atoms with Crippen LogP contribution in [0.3, 0.4) is 0 Å². The van der Waals surface area contributed by atoms with Crippen molar-refractivity contribution >= 4 is 5.97 Å². The second-order valence-electron chi connectivity index (χ2n) is 5.10. The van der Waals surface area contributed by atoms with Crippen LogP contribution in [0.2, 0.25) is 0 Å². The van der Waals surface area contributed by atoms with E-state index < -0.39 is 5.97 Å². The minimum Gasteiger partial charge on any atom is -0.481 e. The molecule has 0 bridgehead atoms. The van der Waals surface area contributed by atoms with Crippen LogP contribution in [0.1, 0.15) is 61.7 Å². The van der Waals surface area contributed by atoms with E-state index in [-0.39, 0.29) is 5.92 Å². The smallest absolute Gasteiger partial charge is 0.312 e. The number of nitrogens with zero attached hydrogens (tertiary/aromatic N) is 2. The molecule has 2 aliphatic carbocycles. The molecule has 4 nitrogen and oxygen atoms in total. The highest BCUT2D eigenvalue weighted by Gasteiger charge is 2.36. The van der Waals surface area contributed by atoms with Gasteiger partial charge in [0, 0.05) is 18.2 Å². The van der Waals surface area contributed by atoms with Gasteiger partial charge in [-0.25, -0.2) is 4.98 Å². The fourth-order valence-electron chi connectivity index (χ4n) is 2.92. The van der Waals surface area contributed by atoms with Crippen molar-refractivity contribution in [2.45, 2.75) is 57.4 Å². The van der Waals surface area contributed by atoms with E-state index in [1.54, 1.807) is 0 Å². The molecule has 92 valence electrons. The third-order valence-corrected chi connectivity index (χ3v) is 3.93. The molecule has 1 fully saturated rings. The van der Waals surface area contributed by atoms with Gasteiger partial charge < -0.3 is 9.67 Å². The minimum absolute atomic E-state index is 0.371. The molecule has 0 radical (unpaired) electrons.